The Labute approximate surface area is 180 Å². The van der Waals surface area contributed by atoms with Crippen LogP contribution in [-0.2, 0) is 23.8 Å². The lowest BCUT2D eigenvalue weighted by Crippen LogP contribution is -2.59. The molecule has 4 aliphatic carbocycles. The van der Waals surface area contributed by atoms with Crippen molar-refractivity contribution in [3.8, 4) is 0 Å². The van der Waals surface area contributed by atoms with Gasteiger partial charge in [-0.05, 0) is 81.0 Å². The SMILES string of the molecule is CC(=O)OC1CCC2(C)C(CCC3C2CC(=O)C2(C)C3CCC2C2(C)OCCO2)C1. The van der Waals surface area contributed by atoms with E-state index in [0.717, 1.165) is 32.1 Å². The van der Waals surface area contributed by atoms with Gasteiger partial charge in [0.05, 0.1) is 13.2 Å². The predicted molar refractivity (Wildman–Crippen MR) is 111 cm³/mol. The van der Waals surface area contributed by atoms with E-state index in [9.17, 15) is 9.59 Å². The Morgan fingerprint density at radius 2 is 1.73 bits per heavy atom. The van der Waals surface area contributed by atoms with Gasteiger partial charge in [-0.2, -0.15) is 0 Å². The van der Waals surface area contributed by atoms with Gasteiger partial charge in [0.25, 0.3) is 0 Å². The van der Waals surface area contributed by atoms with Crippen LogP contribution in [0.1, 0.15) is 79.1 Å². The smallest absolute Gasteiger partial charge is 0.302 e. The average molecular weight is 419 g/mol. The van der Waals surface area contributed by atoms with E-state index in [1.54, 1.807) is 0 Å². The molecule has 30 heavy (non-hydrogen) atoms. The van der Waals surface area contributed by atoms with Gasteiger partial charge < -0.3 is 14.2 Å². The molecule has 8 atom stereocenters. The fraction of sp³-hybridized carbons (Fsp3) is 0.920. The van der Waals surface area contributed by atoms with Crippen molar-refractivity contribution < 1.29 is 23.8 Å². The second-order valence-corrected chi connectivity index (χ2v) is 11.4. The van der Waals surface area contributed by atoms with E-state index in [1.807, 2.05) is 0 Å². The number of ketones is 1. The van der Waals surface area contributed by atoms with Crippen LogP contribution in [0.5, 0.6) is 0 Å². The van der Waals surface area contributed by atoms with Crippen molar-refractivity contribution >= 4 is 11.8 Å². The second kappa shape index (κ2) is 7.03. The molecule has 0 aromatic heterocycles. The standard InChI is InChI=1S/C25H38O5/c1-15(26)30-17-9-10-23(2)16(13-17)5-6-18-19-7-8-21(25(4)28-11-12-29-25)24(19,3)22(27)14-20(18)23/h16-21H,5-14H2,1-4H3. The van der Waals surface area contributed by atoms with Crippen molar-refractivity contribution in [1.82, 2.24) is 0 Å². The number of esters is 1. The zero-order valence-electron chi connectivity index (χ0n) is 19.1. The monoisotopic (exact) mass is 418 g/mol. The molecule has 5 fully saturated rings. The van der Waals surface area contributed by atoms with Crippen LogP contribution in [0.25, 0.3) is 0 Å². The van der Waals surface area contributed by atoms with E-state index in [4.69, 9.17) is 14.2 Å². The summed E-state index contributed by atoms with van der Waals surface area (Å²) >= 11 is 0. The molecule has 0 N–H and O–H groups in total. The molecular formula is C25H38O5. The lowest BCUT2D eigenvalue weighted by atomic mass is 9.44. The summed E-state index contributed by atoms with van der Waals surface area (Å²) in [5.41, 5.74) is -0.128. The van der Waals surface area contributed by atoms with Crippen molar-refractivity contribution in [3.63, 3.8) is 0 Å². The molecule has 5 aliphatic rings. The van der Waals surface area contributed by atoms with Gasteiger partial charge in [-0.25, -0.2) is 0 Å². The number of Topliss-reactive ketones (excluding diaryl/α,β-unsaturated/α-hetero) is 1. The van der Waals surface area contributed by atoms with E-state index >= 15 is 0 Å². The summed E-state index contributed by atoms with van der Waals surface area (Å²) in [4.78, 5) is 25.3. The van der Waals surface area contributed by atoms with Crippen LogP contribution in [0, 0.1) is 40.4 Å². The van der Waals surface area contributed by atoms with Gasteiger partial charge in [-0.15, -0.1) is 0 Å². The highest BCUT2D eigenvalue weighted by atomic mass is 16.7. The van der Waals surface area contributed by atoms with Gasteiger partial charge in [0.2, 0.25) is 0 Å². The van der Waals surface area contributed by atoms with E-state index < -0.39 is 5.79 Å². The first-order valence-corrected chi connectivity index (χ1v) is 12.2. The maximum Gasteiger partial charge on any atom is 0.302 e. The van der Waals surface area contributed by atoms with Gasteiger partial charge in [0, 0.05) is 24.7 Å². The third-order valence-corrected chi connectivity index (χ3v) is 10.3. The maximum atomic E-state index is 13.8. The van der Waals surface area contributed by atoms with Crippen LogP contribution < -0.4 is 0 Å². The largest absolute Gasteiger partial charge is 0.463 e. The number of hydrogen-bond donors (Lipinski definition) is 0. The summed E-state index contributed by atoms with van der Waals surface area (Å²) in [5.74, 6) is 1.94. The molecule has 0 radical (unpaired) electrons. The van der Waals surface area contributed by atoms with Gasteiger partial charge >= 0.3 is 5.97 Å². The molecular weight excluding hydrogens is 380 g/mol. The van der Waals surface area contributed by atoms with E-state index in [0.29, 0.717) is 49.1 Å². The van der Waals surface area contributed by atoms with Crippen molar-refractivity contribution in [2.24, 2.45) is 40.4 Å². The Hall–Kier alpha value is -0.940. The van der Waals surface area contributed by atoms with Gasteiger partial charge in [-0.3, -0.25) is 9.59 Å². The highest BCUT2D eigenvalue weighted by Crippen LogP contribution is 2.68. The topological polar surface area (TPSA) is 61.8 Å². The Bertz CT molecular complexity index is 727. The second-order valence-electron chi connectivity index (χ2n) is 11.4. The number of carbonyl (C=O) groups is 2. The fourth-order valence-corrected chi connectivity index (χ4v) is 8.83. The first-order chi connectivity index (χ1) is 14.2. The summed E-state index contributed by atoms with van der Waals surface area (Å²) in [6.07, 6.45) is 8.30. The molecule has 0 aromatic carbocycles. The Kier molecular flexibility index (Phi) is 4.91. The van der Waals surface area contributed by atoms with Crippen LogP contribution in [0.2, 0.25) is 0 Å². The van der Waals surface area contributed by atoms with Crippen molar-refractivity contribution in [3.05, 3.63) is 0 Å². The van der Waals surface area contributed by atoms with Crippen molar-refractivity contribution in [1.29, 1.82) is 0 Å². The van der Waals surface area contributed by atoms with Gasteiger partial charge in [0.1, 0.15) is 11.9 Å². The number of hydrogen-bond acceptors (Lipinski definition) is 5. The Balaban J connectivity index is 1.40. The van der Waals surface area contributed by atoms with Crippen LogP contribution in [0.3, 0.4) is 0 Å². The maximum absolute atomic E-state index is 13.8. The molecule has 8 unspecified atom stereocenters. The molecule has 1 saturated heterocycles. The highest BCUT2D eigenvalue weighted by Gasteiger charge is 2.67. The summed E-state index contributed by atoms with van der Waals surface area (Å²) in [7, 11) is 0. The van der Waals surface area contributed by atoms with E-state index in [1.165, 1.54) is 19.8 Å². The van der Waals surface area contributed by atoms with Crippen LogP contribution >= 0.6 is 0 Å². The summed E-state index contributed by atoms with van der Waals surface area (Å²) in [6, 6.07) is 0. The number of rotatable bonds is 2. The number of ether oxygens (including phenoxy) is 3. The Morgan fingerprint density at radius 1 is 1.00 bits per heavy atom. The Morgan fingerprint density at radius 3 is 2.43 bits per heavy atom. The average Bonchev–Trinajstić information content (AvgIpc) is 3.28. The molecule has 5 heteroatoms. The minimum absolute atomic E-state index is 0.0640. The van der Waals surface area contributed by atoms with Crippen molar-refractivity contribution in [2.45, 2.75) is 91.0 Å². The number of fused-ring (bicyclic) bond motifs is 5. The highest BCUT2D eigenvalue weighted by molar-refractivity contribution is 5.87. The molecule has 0 amide bonds. The molecule has 4 saturated carbocycles. The summed E-state index contributed by atoms with van der Waals surface area (Å²) < 4.78 is 17.7. The van der Waals surface area contributed by atoms with Crippen molar-refractivity contribution in [2.75, 3.05) is 13.2 Å². The van der Waals surface area contributed by atoms with E-state index in [-0.39, 0.29) is 28.8 Å². The zero-order valence-corrected chi connectivity index (χ0v) is 19.1. The normalized spacial score (nSPS) is 49.8. The molecule has 0 spiro atoms. The van der Waals surface area contributed by atoms with E-state index in [2.05, 4.69) is 20.8 Å². The predicted octanol–water partition coefficient (Wildman–Crippen LogP) is 4.52. The molecule has 1 aliphatic heterocycles. The molecule has 5 nitrogen and oxygen atoms in total. The molecule has 0 aromatic rings. The first kappa shape index (κ1) is 20.9. The molecule has 168 valence electrons. The number of carbonyl (C=O) groups excluding carboxylic acids is 2. The van der Waals surface area contributed by atoms with Crippen LogP contribution in [0.4, 0.5) is 0 Å². The van der Waals surface area contributed by atoms with Crippen LogP contribution in [0.15, 0.2) is 0 Å². The molecule has 1 heterocycles. The zero-order chi connectivity index (χ0) is 21.3. The first-order valence-electron chi connectivity index (χ1n) is 12.2. The molecule has 5 rings (SSSR count). The minimum Gasteiger partial charge on any atom is -0.463 e. The lowest BCUT2D eigenvalue weighted by molar-refractivity contribution is -0.216. The van der Waals surface area contributed by atoms with Gasteiger partial charge in [-0.1, -0.05) is 13.8 Å². The summed E-state index contributed by atoms with van der Waals surface area (Å²) in [5, 5.41) is 0. The fourth-order valence-electron chi connectivity index (χ4n) is 8.83. The lowest BCUT2D eigenvalue weighted by Gasteiger charge is -2.60. The third-order valence-electron chi connectivity index (χ3n) is 10.3. The third kappa shape index (κ3) is 2.87. The molecule has 0 bridgehead atoms. The quantitative estimate of drug-likeness (QED) is 0.617. The summed E-state index contributed by atoms with van der Waals surface area (Å²) in [6.45, 7) is 9.52. The van der Waals surface area contributed by atoms with Gasteiger partial charge in [0.15, 0.2) is 5.79 Å². The minimum atomic E-state index is -0.602. The van der Waals surface area contributed by atoms with Crippen LogP contribution in [-0.4, -0.2) is 36.9 Å².